The fourth-order valence-electron chi connectivity index (χ4n) is 4.61. The van der Waals surface area contributed by atoms with Gasteiger partial charge in [0.05, 0.1) is 16.7 Å². The van der Waals surface area contributed by atoms with Crippen molar-refractivity contribution in [2.75, 3.05) is 6.61 Å². The molecule has 11 nitrogen and oxygen atoms in total. The van der Waals surface area contributed by atoms with Crippen molar-refractivity contribution >= 4 is 29.5 Å². The van der Waals surface area contributed by atoms with E-state index in [-0.39, 0.29) is 16.7 Å². The molecule has 0 bridgehead atoms. The Labute approximate surface area is 249 Å². The second-order valence-corrected chi connectivity index (χ2v) is 10.3. The van der Waals surface area contributed by atoms with E-state index in [0.717, 1.165) is 16.8 Å². The number of carbonyl (C=O) groups excluding carboxylic acids is 3. The summed E-state index contributed by atoms with van der Waals surface area (Å²) in [7, 11) is 0. The topological polar surface area (TPSA) is 143 Å². The second kappa shape index (κ2) is 12.5. The van der Waals surface area contributed by atoms with Crippen LogP contribution in [-0.4, -0.2) is 51.9 Å². The number of rotatable bonds is 8. The molecule has 1 aliphatic heterocycles. The first-order chi connectivity index (χ1) is 20.6. The van der Waals surface area contributed by atoms with Gasteiger partial charge in [-0.1, -0.05) is 54.1 Å². The molecule has 3 aromatic carbocycles. The summed E-state index contributed by atoms with van der Waals surface area (Å²) in [6.07, 6.45) is -3.07. The first-order valence-electron chi connectivity index (χ1n) is 13.1. The van der Waals surface area contributed by atoms with Crippen LogP contribution in [0.4, 0.5) is 0 Å². The third-order valence-electron chi connectivity index (χ3n) is 6.74. The van der Waals surface area contributed by atoms with E-state index in [2.05, 4.69) is 4.98 Å². The molecule has 0 spiro atoms. The molecular formula is C31H25ClN2O9. The van der Waals surface area contributed by atoms with Crippen LogP contribution >= 0.6 is 11.6 Å². The number of nitrogens with zero attached hydrogens (tertiary/aromatic N) is 1. The number of hydrogen-bond donors (Lipinski definition) is 1. The number of benzene rings is 3. The van der Waals surface area contributed by atoms with E-state index in [4.69, 9.17) is 30.5 Å². The summed E-state index contributed by atoms with van der Waals surface area (Å²) in [5.74, 6) is -2.32. The minimum atomic E-state index is -1.65. The van der Waals surface area contributed by atoms with Crippen LogP contribution in [0.1, 0.15) is 44.2 Å². The van der Waals surface area contributed by atoms with Gasteiger partial charge >= 0.3 is 23.6 Å². The van der Waals surface area contributed by atoms with Crippen LogP contribution in [0.3, 0.4) is 0 Å². The minimum Gasteiger partial charge on any atom is -0.459 e. The fraction of sp³-hybridized carbons (Fsp3) is 0.194. The first kappa shape index (κ1) is 29.5. The maximum atomic E-state index is 13.3. The number of H-pyrrole nitrogens is 1. The number of esters is 3. The quantitative estimate of drug-likeness (QED) is 0.235. The second-order valence-electron chi connectivity index (χ2n) is 9.85. The van der Waals surface area contributed by atoms with E-state index >= 15 is 0 Å². The highest BCUT2D eigenvalue weighted by Gasteiger charge is 2.58. The summed E-state index contributed by atoms with van der Waals surface area (Å²) in [5.41, 5.74) is -2.65. The zero-order valence-electron chi connectivity index (χ0n) is 22.7. The third-order valence-corrected chi connectivity index (χ3v) is 6.98. The molecular weight excluding hydrogens is 580 g/mol. The lowest BCUT2D eigenvalue weighted by atomic mass is 9.97. The van der Waals surface area contributed by atoms with Gasteiger partial charge in [0, 0.05) is 17.3 Å². The van der Waals surface area contributed by atoms with Gasteiger partial charge in [0.1, 0.15) is 12.2 Å². The number of ether oxygens (including phenoxy) is 4. The maximum absolute atomic E-state index is 13.3. The van der Waals surface area contributed by atoms with Gasteiger partial charge in [-0.3, -0.25) is 14.3 Å². The Morgan fingerprint density at radius 2 is 1.44 bits per heavy atom. The van der Waals surface area contributed by atoms with Crippen LogP contribution in [0.2, 0.25) is 5.02 Å². The van der Waals surface area contributed by atoms with Crippen molar-refractivity contribution in [1.82, 2.24) is 9.55 Å². The molecule has 1 fully saturated rings. The SMILES string of the molecule is C[C@]1(COC(=O)c2cccc(Cl)c2)O[C@@H](n2ccc(=O)[nH]c2=O)[C@@H](OC(=O)c2ccccc2)C1OC(=O)c1ccccc1. The highest BCUT2D eigenvalue weighted by Crippen LogP contribution is 2.41. The zero-order chi connectivity index (χ0) is 30.6. The van der Waals surface area contributed by atoms with Gasteiger partial charge in [-0.2, -0.15) is 0 Å². The van der Waals surface area contributed by atoms with Gasteiger partial charge in [0.15, 0.2) is 18.4 Å². The molecule has 5 rings (SSSR count). The van der Waals surface area contributed by atoms with Crippen LogP contribution in [-0.2, 0) is 18.9 Å². The molecule has 0 saturated carbocycles. The molecule has 220 valence electrons. The van der Waals surface area contributed by atoms with Crippen molar-refractivity contribution in [2.45, 2.75) is 31.0 Å². The smallest absolute Gasteiger partial charge is 0.338 e. The average Bonchev–Trinajstić information content (AvgIpc) is 3.27. The number of hydrogen-bond acceptors (Lipinski definition) is 9. The first-order valence-corrected chi connectivity index (χ1v) is 13.5. The molecule has 0 amide bonds. The summed E-state index contributed by atoms with van der Waals surface area (Å²) in [6, 6.07) is 23.3. The fourth-order valence-corrected chi connectivity index (χ4v) is 4.80. The van der Waals surface area contributed by atoms with E-state index in [1.807, 2.05) is 0 Å². The highest BCUT2D eigenvalue weighted by molar-refractivity contribution is 6.30. The van der Waals surface area contributed by atoms with Crippen molar-refractivity contribution in [3.63, 3.8) is 0 Å². The van der Waals surface area contributed by atoms with Gasteiger partial charge in [0.2, 0.25) is 0 Å². The molecule has 4 atom stereocenters. The predicted molar refractivity (Wildman–Crippen MR) is 153 cm³/mol. The van der Waals surface area contributed by atoms with E-state index < -0.39 is 59.8 Å². The van der Waals surface area contributed by atoms with Gasteiger partial charge < -0.3 is 18.9 Å². The van der Waals surface area contributed by atoms with Crippen molar-refractivity contribution in [1.29, 1.82) is 0 Å². The Kier molecular flexibility index (Phi) is 8.56. The van der Waals surface area contributed by atoms with Crippen molar-refractivity contribution in [3.05, 3.63) is 140 Å². The molecule has 0 radical (unpaired) electrons. The van der Waals surface area contributed by atoms with Crippen molar-refractivity contribution in [3.8, 4) is 0 Å². The monoisotopic (exact) mass is 604 g/mol. The summed E-state index contributed by atoms with van der Waals surface area (Å²) < 4.78 is 24.5. The summed E-state index contributed by atoms with van der Waals surface area (Å²) in [6.45, 7) is 1.00. The van der Waals surface area contributed by atoms with Gasteiger partial charge in [-0.15, -0.1) is 0 Å². The summed E-state index contributed by atoms with van der Waals surface area (Å²) in [4.78, 5) is 66.2. The predicted octanol–water partition coefficient (Wildman–Crippen LogP) is 3.79. The molecule has 1 N–H and O–H groups in total. The van der Waals surface area contributed by atoms with Gasteiger partial charge in [-0.25, -0.2) is 19.2 Å². The standard InChI is InChI=1S/C31H25ClN2O9/c1-31(18-40-27(36)21-13-8-14-22(32)17-21)25(42-29(38)20-11-6-3-7-12-20)24(41-28(37)19-9-4-2-5-10-19)26(43-31)34-16-15-23(35)33-30(34)39/h2-17,24-26H,18H2,1H3,(H,33,35,39)/t24-,25?,26+,31+/m0/s1. The number of aromatic amines is 1. The highest BCUT2D eigenvalue weighted by atomic mass is 35.5. The maximum Gasteiger partial charge on any atom is 0.338 e. The summed E-state index contributed by atoms with van der Waals surface area (Å²) >= 11 is 6.02. The van der Waals surface area contributed by atoms with E-state index in [1.54, 1.807) is 48.5 Å². The Bertz CT molecular complexity index is 1760. The molecule has 1 aliphatic rings. The van der Waals surface area contributed by atoms with Crippen LogP contribution in [0.25, 0.3) is 0 Å². The summed E-state index contributed by atoms with van der Waals surface area (Å²) in [5, 5.41) is 0.317. The van der Waals surface area contributed by atoms with Crippen LogP contribution in [0, 0.1) is 0 Å². The molecule has 12 heteroatoms. The largest absolute Gasteiger partial charge is 0.459 e. The Balaban J connectivity index is 1.54. The number of halogens is 1. The van der Waals surface area contributed by atoms with Crippen LogP contribution in [0.5, 0.6) is 0 Å². The number of nitrogens with one attached hydrogen (secondary N) is 1. The molecule has 1 aromatic heterocycles. The van der Waals surface area contributed by atoms with Crippen molar-refractivity contribution < 1.29 is 33.3 Å². The molecule has 1 saturated heterocycles. The lowest BCUT2D eigenvalue weighted by Crippen LogP contribution is -2.49. The lowest BCUT2D eigenvalue weighted by molar-refractivity contribution is -0.122. The molecule has 1 unspecified atom stereocenters. The lowest BCUT2D eigenvalue weighted by Gasteiger charge is -2.30. The van der Waals surface area contributed by atoms with Crippen LogP contribution < -0.4 is 11.2 Å². The van der Waals surface area contributed by atoms with Crippen molar-refractivity contribution in [2.24, 2.45) is 0 Å². The number of aromatic nitrogens is 2. The third kappa shape index (κ3) is 6.58. The minimum absolute atomic E-state index is 0.160. The Hall–Kier alpha value is -5.00. The Morgan fingerprint density at radius 1 is 0.837 bits per heavy atom. The average molecular weight is 605 g/mol. The number of carbonyl (C=O) groups is 3. The van der Waals surface area contributed by atoms with Crippen LogP contribution in [0.15, 0.2) is 107 Å². The van der Waals surface area contributed by atoms with E-state index in [9.17, 15) is 24.0 Å². The molecule has 4 aromatic rings. The van der Waals surface area contributed by atoms with Gasteiger partial charge in [0.25, 0.3) is 5.56 Å². The normalized spacial score (nSPS) is 21.1. The zero-order valence-corrected chi connectivity index (χ0v) is 23.4. The molecule has 43 heavy (non-hydrogen) atoms. The Morgan fingerprint density at radius 3 is 2.05 bits per heavy atom. The van der Waals surface area contributed by atoms with E-state index in [0.29, 0.717) is 5.02 Å². The molecule has 0 aliphatic carbocycles. The molecule has 2 heterocycles. The van der Waals surface area contributed by atoms with Gasteiger partial charge in [-0.05, 0) is 49.4 Å². The van der Waals surface area contributed by atoms with E-state index in [1.165, 1.54) is 43.3 Å².